The molecule has 0 aliphatic rings. The summed E-state index contributed by atoms with van der Waals surface area (Å²) in [6.45, 7) is 5.35. The molecule has 0 aliphatic heterocycles. The van der Waals surface area contributed by atoms with Crippen LogP contribution in [0.2, 0.25) is 5.02 Å². The molecule has 0 fully saturated rings. The van der Waals surface area contributed by atoms with Gasteiger partial charge in [-0.05, 0) is 32.9 Å². The monoisotopic (exact) mass is 260 g/mol. The summed E-state index contributed by atoms with van der Waals surface area (Å²) in [5.74, 6) is -1.44. The molecular weight excluding hydrogens is 247 g/mol. The van der Waals surface area contributed by atoms with Gasteiger partial charge in [0, 0.05) is 5.02 Å². The van der Waals surface area contributed by atoms with E-state index in [0.29, 0.717) is 0 Å². The van der Waals surface area contributed by atoms with Crippen LogP contribution in [0.5, 0.6) is 5.75 Å². The van der Waals surface area contributed by atoms with Crippen molar-refractivity contribution in [3.8, 4) is 5.75 Å². The van der Waals surface area contributed by atoms with Gasteiger partial charge in [-0.15, -0.1) is 0 Å². The summed E-state index contributed by atoms with van der Waals surface area (Å²) >= 11 is 5.70. The minimum absolute atomic E-state index is 0.00514. The topological polar surface area (TPSA) is 35.5 Å². The van der Waals surface area contributed by atoms with Gasteiger partial charge in [0.2, 0.25) is 0 Å². The van der Waals surface area contributed by atoms with Crippen molar-refractivity contribution in [3.63, 3.8) is 0 Å². The SMILES string of the molecule is CCOC(=O)c1cc(Cl)cc(F)c1OC(C)C. The van der Waals surface area contributed by atoms with E-state index in [2.05, 4.69) is 0 Å². The van der Waals surface area contributed by atoms with Crippen LogP contribution >= 0.6 is 11.6 Å². The van der Waals surface area contributed by atoms with Gasteiger partial charge in [-0.1, -0.05) is 11.6 Å². The van der Waals surface area contributed by atoms with E-state index in [-0.39, 0.29) is 29.0 Å². The molecular formula is C12H14ClFO3. The summed E-state index contributed by atoms with van der Waals surface area (Å²) in [6.07, 6.45) is -0.251. The third-order valence-corrected chi connectivity index (χ3v) is 2.08. The predicted octanol–water partition coefficient (Wildman–Crippen LogP) is 3.44. The molecule has 0 N–H and O–H groups in total. The Morgan fingerprint density at radius 2 is 2.12 bits per heavy atom. The second-order valence-corrected chi connectivity index (χ2v) is 4.09. The van der Waals surface area contributed by atoms with Crippen molar-refractivity contribution >= 4 is 17.6 Å². The van der Waals surface area contributed by atoms with E-state index in [1.807, 2.05) is 0 Å². The highest BCUT2D eigenvalue weighted by Crippen LogP contribution is 2.28. The molecule has 0 unspecified atom stereocenters. The van der Waals surface area contributed by atoms with Gasteiger partial charge in [0.1, 0.15) is 5.56 Å². The van der Waals surface area contributed by atoms with E-state index in [1.54, 1.807) is 20.8 Å². The molecule has 1 aromatic rings. The molecule has 0 radical (unpaired) electrons. The lowest BCUT2D eigenvalue weighted by Gasteiger charge is -2.14. The number of hydrogen-bond donors (Lipinski definition) is 0. The molecule has 0 atom stereocenters. The van der Waals surface area contributed by atoms with Gasteiger partial charge in [0.05, 0.1) is 12.7 Å². The lowest BCUT2D eigenvalue weighted by Crippen LogP contribution is -2.13. The van der Waals surface area contributed by atoms with Crippen LogP contribution in [0, 0.1) is 5.82 Å². The summed E-state index contributed by atoms with van der Waals surface area (Å²) in [4.78, 5) is 11.6. The van der Waals surface area contributed by atoms with Crippen LogP contribution in [-0.2, 0) is 4.74 Å². The van der Waals surface area contributed by atoms with E-state index in [9.17, 15) is 9.18 Å². The zero-order chi connectivity index (χ0) is 13.0. The summed E-state index contributed by atoms with van der Waals surface area (Å²) in [5.41, 5.74) is 0.00514. The van der Waals surface area contributed by atoms with E-state index >= 15 is 0 Å². The van der Waals surface area contributed by atoms with E-state index in [0.717, 1.165) is 6.07 Å². The van der Waals surface area contributed by atoms with E-state index < -0.39 is 11.8 Å². The maximum absolute atomic E-state index is 13.7. The predicted molar refractivity (Wildman–Crippen MR) is 63.1 cm³/mol. The third kappa shape index (κ3) is 3.60. The Balaban J connectivity index is 3.19. The number of ether oxygens (including phenoxy) is 2. The van der Waals surface area contributed by atoms with Crippen molar-refractivity contribution in [3.05, 3.63) is 28.5 Å². The van der Waals surface area contributed by atoms with Crippen LogP contribution in [0.4, 0.5) is 4.39 Å². The Bertz CT molecular complexity index is 418. The largest absolute Gasteiger partial charge is 0.487 e. The lowest BCUT2D eigenvalue weighted by molar-refractivity contribution is 0.0518. The van der Waals surface area contributed by atoms with Gasteiger partial charge in [-0.2, -0.15) is 0 Å². The van der Waals surface area contributed by atoms with Gasteiger partial charge >= 0.3 is 5.97 Å². The molecule has 5 heteroatoms. The highest BCUT2D eigenvalue weighted by molar-refractivity contribution is 6.31. The van der Waals surface area contributed by atoms with Gasteiger partial charge < -0.3 is 9.47 Å². The minimum Gasteiger partial charge on any atom is -0.487 e. The highest BCUT2D eigenvalue weighted by atomic mass is 35.5. The summed E-state index contributed by atoms with van der Waals surface area (Å²) < 4.78 is 23.7. The average Bonchev–Trinajstić information content (AvgIpc) is 2.21. The number of hydrogen-bond acceptors (Lipinski definition) is 3. The number of halogens is 2. The molecule has 0 saturated carbocycles. The molecule has 0 heterocycles. The molecule has 1 aromatic carbocycles. The summed E-state index contributed by atoms with van der Waals surface area (Å²) in [7, 11) is 0. The Labute approximate surface area is 104 Å². The molecule has 0 bridgehead atoms. The Kier molecular flexibility index (Phi) is 4.75. The van der Waals surface area contributed by atoms with E-state index in [1.165, 1.54) is 6.07 Å². The molecule has 0 aromatic heterocycles. The normalized spacial score (nSPS) is 10.5. The second kappa shape index (κ2) is 5.87. The number of carbonyl (C=O) groups excluding carboxylic acids is 1. The highest BCUT2D eigenvalue weighted by Gasteiger charge is 2.20. The van der Waals surface area contributed by atoms with Crippen molar-refractivity contribution in [2.75, 3.05) is 6.61 Å². The maximum Gasteiger partial charge on any atom is 0.342 e. The lowest BCUT2D eigenvalue weighted by atomic mass is 10.2. The van der Waals surface area contributed by atoms with Crippen LogP contribution in [0.1, 0.15) is 31.1 Å². The number of rotatable bonds is 4. The molecule has 3 nitrogen and oxygen atoms in total. The van der Waals surface area contributed by atoms with Crippen molar-refractivity contribution in [1.82, 2.24) is 0 Å². The first-order valence-corrected chi connectivity index (χ1v) is 5.66. The fraction of sp³-hybridized carbons (Fsp3) is 0.417. The fourth-order valence-corrected chi connectivity index (χ4v) is 1.48. The van der Waals surface area contributed by atoms with Gasteiger partial charge in [-0.3, -0.25) is 0 Å². The first-order chi connectivity index (χ1) is 7.95. The molecule has 94 valence electrons. The molecule has 0 amide bonds. The van der Waals surface area contributed by atoms with Gasteiger partial charge in [-0.25, -0.2) is 9.18 Å². The zero-order valence-corrected chi connectivity index (χ0v) is 10.7. The minimum atomic E-state index is -0.672. The van der Waals surface area contributed by atoms with Crippen LogP contribution in [-0.4, -0.2) is 18.7 Å². The van der Waals surface area contributed by atoms with E-state index in [4.69, 9.17) is 21.1 Å². The fourth-order valence-electron chi connectivity index (χ4n) is 1.28. The van der Waals surface area contributed by atoms with Gasteiger partial charge in [0.15, 0.2) is 11.6 Å². The van der Waals surface area contributed by atoms with Crippen molar-refractivity contribution in [1.29, 1.82) is 0 Å². The van der Waals surface area contributed by atoms with Crippen LogP contribution in [0.3, 0.4) is 0 Å². The molecule has 17 heavy (non-hydrogen) atoms. The number of carbonyl (C=O) groups is 1. The zero-order valence-electron chi connectivity index (χ0n) is 9.92. The smallest absolute Gasteiger partial charge is 0.342 e. The summed E-state index contributed by atoms with van der Waals surface area (Å²) in [5, 5.41) is 0.127. The number of benzene rings is 1. The first kappa shape index (κ1) is 13.8. The Hall–Kier alpha value is -1.29. The maximum atomic E-state index is 13.7. The average molecular weight is 261 g/mol. The standard InChI is InChI=1S/C12H14ClFO3/c1-4-16-12(15)9-5-8(13)6-10(14)11(9)17-7(2)3/h5-7H,4H2,1-3H3. The summed E-state index contributed by atoms with van der Waals surface area (Å²) in [6, 6.07) is 2.43. The van der Waals surface area contributed by atoms with Crippen LogP contribution in [0.15, 0.2) is 12.1 Å². The van der Waals surface area contributed by atoms with Crippen molar-refractivity contribution < 1.29 is 18.7 Å². The van der Waals surface area contributed by atoms with Gasteiger partial charge in [0.25, 0.3) is 0 Å². The Morgan fingerprint density at radius 3 is 2.65 bits per heavy atom. The molecule has 1 rings (SSSR count). The molecule has 0 saturated heterocycles. The number of esters is 1. The second-order valence-electron chi connectivity index (χ2n) is 3.65. The first-order valence-electron chi connectivity index (χ1n) is 5.28. The van der Waals surface area contributed by atoms with Crippen molar-refractivity contribution in [2.24, 2.45) is 0 Å². The van der Waals surface area contributed by atoms with Crippen LogP contribution < -0.4 is 4.74 Å². The molecule has 0 spiro atoms. The third-order valence-electron chi connectivity index (χ3n) is 1.86. The molecule has 0 aliphatic carbocycles. The van der Waals surface area contributed by atoms with Crippen molar-refractivity contribution in [2.45, 2.75) is 26.9 Å². The Morgan fingerprint density at radius 1 is 1.47 bits per heavy atom. The quantitative estimate of drug-likeness (QED) is 0.778. The van der Waals surface area contributed by atoms with Crippen LogP contribution in [0.25, 0.3) is 0 Å².